The van der Waals surface area contributed by atoms with Crippen LogP contribution in [0.25, 0.3) is 0 Å². The molecule has 3 heterocycles. The van der Waals surface area contributed by atoms with Crippen LogP contribution in [0.2, 0.25) is 0 Å². The lowest BCUT2D eigenvalue weighted by Crippen LogP contribution is -2.50. The van der Waals surface area contributed by atoms with Crippen LogP contribution >= 0.6 is 0 Å². The van der Waals surface area contributed by atoms with Crippen LogP contribution < -0.4 is 14.8 Å². The van der Waals surface area contributed by atoms with Crippen molar-refractivity contribution in [1.29, 1.82) is 0 Å². The van der Waals surface area contributed by atoms with Crippen molar-refractivity contribution in [3.63, 3.8) is 0 Å². The largest absolute Gasteiger partial charge is 0.454 e. The fourth-order valence-electron chi connectivity index (χ4n) is 3.09. The normalized spacial score (nSPS) is 15.2. The Hall–Kier alpha value is -3.56. The van der Waals surface area contributed by atoms with E-state index in [4.69, 9.17) is 14.2 Å². The molecule has 1 aromatic carbocycles. The van der Waals surface area contributed by atoms with E-state index < -0.39 is 0 Å². The maximum atomic E-state index is 12.6. The van der Waals surface area contributed by atoms with Crippen LogP contribution in [0.15, 0.2) is 30.6 Å². The Kier molecular flexibility index (Phi) is 5.32. The lowest BCUT2D eigenvalue weighted by atomic mass is 10.2. The van der Waals surface area contributed by atoms with Gasteiger partial charge in [-0.3, -0.25) is 4.79 Å². The number of amides is 2. The molecule has 0 atom stereocenters. The van der Waals surface area contributed by atoms with Gasteiger partial charge in [0.1, 0.15) is 11.5 Å². The van der Waals surface area contributed by atoms with Crippen molar-refractivity contribution < 1.29 is 23.8 Å². The number of carbonyl (C=O) groups is 2. The molecule has 0 bridgehead atoms. The molecule has 2 aliphatic rings. The van der Waals surface area contributed by atoms with Gasteiger partial charge in [0.25, 0.3) is 5.91 Å². The Labute approximate surface area is 167 Å². The molecule has 0 unspecified atom stereocenters. The summed E-state index contributed by atoms with van der Waals surface area (Å²) in [5, 5.41) is 3.12. The second-order valence-electron chi connectivity index (χ2n) is 6.46. The van der Waals surface area contributed by atoms with E-state index in [0.717, 1.165) is 5.69 Å². The zero-order valence-corrected chi connectivity index (χ0v) is 16.0. The third-order valence-corrected chi connectivity index (χ3v) is 4.61. The first kappa shape index (κ1) is 18.8. The molecule has 0 saturated carbocycles. The minimum atomic E-state index is -0.349. The third-order valence-electron chi connectivity index (χ3n) is 4.61. The summed E-state index contributed by atoms with van der Waals surface area (Å²) in [5.41, 5.74) is 1.03. The highest BCUT2D eigenvalue weighted by Gasteiger charge is 2.26. The molecule has 1 saturated heterocycles. The Morgan fingerprint density at radius 2 is 1.83 bits per heavy atom. The van der Waals surface area contributed by atoms with Gasteiger partial charge in [-0.25, -0.2) is 14.8 Å². The van der Waals surface area contributed by atoms with Crippen LogP contribution in [0.4, 0.5) is 16.3 Å². The number of rotatable bonds is 4. The zero-order chi connectivity index (χ0) is 20.2. The van der Waals surface area contributed by atoms with Crippen molar-refractivity contribution in [2.45, 2.75) is 6.92 Å². The molecule has 152 valence electrons. The quantitative estimate of drug-likeness (QED) is 0.830. The Morgan fingerprint density at radius 3 is 2.55 bits per heavy atom. The van der Waals surface area contributed by atoms with Gasteiger partial charge in [-0.1, -0.05) is 0 Å². The molecular formula is C19H21N5O5. The zero-order valence-electron chi connectivity index (χ0n) is 16.0. The summed E-state index contributed by atoms with van der Waals surface area (Å²) in [6, 6.07) is 5.47. The smallest absolute Gasteiger partial charge is 0.409 e. The first-order valence-electron chi connectivity index (χ1n) is 9.33. The van der Waals surface area contributed by atoms with Gasteiger partial charge in [-0.2, -0.15) is 0 Å². The molecule has 2 amide bonds. The molecule has 0 aliphatic carbocycles. The van der Waals surface area contributed by atoms with E-state index in [9.17, 15) is 9.59 Å². The fourth-order valence-corrected chi connectivity index (χ4v) is 3.09. The number of nitrogens with zero attached hydrogens (tertiary/aromatic N) is 4. The number of hydrogen-bond acceptors (Lipinski definition) is 8. The summed E-state index contributed by atoms with van der Waals surface area (Å²) in [4.78, 5) is 36.1. The van der Waals surface area contributed by atoms with E-state index in [2.05, 4.69) is 15.3 Å². The highest BCUT2D eigenvalue weighted by atomic mass is 16.7. The van der Waals surface area contributed by atoms with Crippen molar-refractivity contribution >= 4 is 23.5 Å². The van der Waals surface area contributed by atoms with Crippen molar-refractivity contribution in [3.8, 4) is 11.5 Å². The molecule has 10 nitrogen and oxygen atoms in total. The summed E-state index contributed by atoms with van der Waals surface area (Å²) in [6.07, 6.45) is 2.60. The van der Waals surface area contributed by atoms with E-state index in [-0.39, 0.29) is 24.5 Å². The molecule has 1 fully saturated rings. The molecule has 0 radical (unpaired) electrons. The Balaban J connectivity index is 1.34. The number of hydrogen-bond donors (Lipinski definition) is 1. The number of carbonyl (C=O) groups excluding carboxylic acids is 2. The van der Waals surface area contributed by atoms with Gasteiger partial charge >= 0.3 is 6.09 Å². The van der Waals surface area contributed by atoms with E-state index in [1.165, 1.54) is 12.4 Å². The van der Waals surface area contributed by atoms with Gasteiger partial charge in [-0.05, 0) is 19.1 Å². The minimum absolute atomic E-state index is 0.212. The summed E-state index contributed by atoms with van der Waals surface area (Å²) in [5.74, 6) is 1.66. The third kappa shape index (κ3) is 4.15. The van der Waals surface area contributed by atoms with E-state index in [1.807, 2.05) is 18.2 Å². The summed E-state index contributed by atoms with van der Waals surface area (Å²) >= 11 is 0. The minimum Gasteiger partial charge on any atom is -0.454 e. The number of benzene rings is 1. The number of anilines is 2. The molecule has 10 heteroatoms. The van der Waals surface area contributed by atoms with Gasteiger partial charge in [0.05, 0.1) is 19.0 Å². The molecule has 29 heavy (non-hydrogen) atoms. The van der Waals surface area contributed by atoms with E-state index >= 15 is 0 Å². The van der Waals surface area contributed by atoms with Crippen LogP contribution in [0.1, 0.15) is 17.4 Å². The van der Waals surface area contributed by atoms with Crippen LogP contribution in [-0.4, -0.2) is 71.3 Å². The molecule has 0 spiro atoms. The molecule has 1 N–H and O–H groups in total. The lowest BCUT2D eigenvalue weighted by molar-refractivity contribution is 0.0565. The highest BCUT2D eigenvalue weighted by Crippen LogP contribution is 2.34. The van der Waals surface area contributed by atoms with Gasteiger partial charge < -0.3 is 29.3 Å². The molecule has 1 aromatic heterocycles. The number of piperazine rings is 1. The van der Waals surface area contributed by atoms with Gasteiger partial charge in [-0.15, -0.1) is 0 Å². The SMILES string of the molecule is CCOC(=O)N1CCN(C(=O)c2cnc(Nc3ccc4c(c3)OCO4)cn2)CC1. The molecular weight excluding hydrogens is 378 g/mol. The summed E-state index contributed by atoms with van der Waals surface area (Å²) in [6.45, 7) is 4.03. The van der Waals surface area contributed by atoms with E-state index in [1.54, 1.807) is 16.7 Å². The van der Waals surface area contributed by atoms with Crippen LogP contribution in [-0.2, 0) is 4.74 Å². The second-order valence-corrected chi connectivity index (χ2v) is 6.46. The highest BCUT2D eigenvalue weighted by molar-refractivity contribution is 5.92. The van der Waals surface area contributed by atoms with Crippen molar-refractivity contribution in [2.75, 3.05) is 44.9 Å². The van der Waals surface area contributed by atoms with Crippen LogP contribution in [0, 0.1) is 0 Å². The average Bonchev–Trinajstić information content (AvgIpc) is 3.22. The number of nitrogens with one attached hydrogen (secondary N) is 1. The molecule has 2 aromatic rings. The van der Waals surface area contributed by atoms with E-state index in [0.29, 0.717) is 50.1 Å². The number of ether oxygens (including phenoxy) is 3. The number of fused-ring (bicyclic) bond motifs is 1. The predicted octanol–water partition coefficient (Wildman–Crippen LogP) is 1.86. The Bertz CT molecular complexity index is 896. The maximum Gasteiger partial charge on any atom is 0.409 e. The van der Waals surface area contributed by atoms with Gasteiger partial charge in [0, 0.05) is 37.9 Å². The van der Waals surface area contributed by atoms with Crippen LogP contribution in [0.5, 0.6) is 11.5 Å². The average molecular weight is 399 g/mol. The molecule has 4 rings (SSSR count). The summed E-state index contributed by atoms with van der Waals surface area (Å²) < 4.78 is 15.6. The standard InChI is InChI=1S/C19H21N5O5/c1-2-27-19(26)24-7-5-23(6-8-24)18(25)14-10-21-17(11-20-14)22-13-3-4-15-16(9-13)29-12-28-15/h3-4,9-11H,2,5-8,12H2,1H3,(H,21,22). The fraction of sp³-hybridized carbons (Fsp3) is 0.368. The Morgan fingerprint density at radius 1 is 1.07 bits per heavy atom. The van der Waals surface area contributed by atoms with Gasteiger partial charge in [0.2, 0.25) is 6.79 Å². The topological polar surface area (TPSA) is 106 Å². The monoisotopic (exact) mass is 399 g/mol. The molecule has 2 aliphatic heterocycles. The lowest BCUT2D eigenvalue weighted by Gasteiger charge is -2.33. The van der Waals surface area contributed by atoms with Crippen LogP contribution in [0.3, 0.4) is 0 Å². The predicted molar refractivity (Wildman–Crippen MR) is 102 cm³/mol. The summed E-state index contributed by atoms with van der Waals surface area (Å²) in [7, 11) is 0. The van der Waals surface area contributed by atoms with Crippen molar-refractivity contribution in [1.82, 2.24) is 19.8 Å². The first-order valence-corrected chi connectivity index (χ1v) is 9.33. The van der Waals surface area contributed by atoms with Crippen molar-refractivity contribution in [3.05, 3.63) is 36.3 Å². The number of aromatic nitrogens is 2. The first-order chi connectivity index (χ1) is 14.1. The van der Waals surface area contributed by atoms with Crippen molar-refractivity contribution in [2.24, 2.45) is 0 Å². The maximum absolute atomic E-state index is 12.6. The van der Waals surface area contributed by atoms with Gasteiger partial charge in [0.15, 0.2) is 11.5 Å². The second kappa shape index (κ2) is 8.21.